The number of halogens is 1. The standard InChI is InChI=1S/C9H11BrN2O2/c1-5-3-7(8(10)11-4-5)12-6(2)9(13)14/h3-4,6,12H,1-2H3,(H,13,14). The fourth-order valence-corrected chi connectivity index (χ4v) is 1.28. The van der Waals surface area contributed by atoms with E-state index in [0.717, 1.165) is 5.56 Å². The fraction of sp³-hybridized carbons (Fsp3) is 0.333. The topological polar surface area (TPSA) is 62.2 Å². The fourth-order valence-electron chi connectivity index (χ4n) is 0.949. The van der Waals surface area contributed by atoms with Crippen LogP contribution in [0.1, 0.15) is 12.5 Å². The molecule has 0 fully saturated rings. The minimum atomic E-state index is -0.890. The quantitative estimate of drug-likeness (QED) is 0.815. The van der Waals surface area contributed by atoms with Crippen molar-refractivity contribution in [1.29, 1.82) is 0 Å². The summed E-state index contributed by atoms with van der Waals surface area (Å²) in [5, 5.41) is 11.5. The zero-order valence-corrected chi connectivity index (χ0v) is 9.50. The number of nitrogens with one attached hydrogen (secondary N) is 1. The molecule has 0 saturated carbocycles. The van der Waals surface area contributed by atoms with E-state index in [1.807, 2.05) is 13.0 Å². The molecular weight excluding hydrogens is 248 g/mol. The highest BCUT2D eigenvalue weighted by Gasteiger charge is 2.12. The lowest BCUT2D eigenvalue weighted by atomic mass is 10.2. The first-order valence-corrected chi connectivity index (χ1v) is 4.91. The lowest BCUT2D eigenvalue weighted by Crippen LogP contribution is -2.25. The van der Waals surface area contributed by atoms with Gasteiger partial charge in [0.1, 0.15) is 10.6 Å². The van der Waals surface area contributed by atoms with Crippen LogP contribution in [0.2, 0.25) is 0 Å². The summed E-state index contributed by atoms with van der Waals surface area (Å²) in [5.74, 6) is -0.890. The van der Waals surface area contributed by atoms with Crippen molar-refractivity contribution in [2.75, 3.05) is 5.32 Å². The predicted molar refractivity (Wildman–Crippen MR) is 57.4 cm³/mol. The maximum atomic E-state index is 10.6. The van der Waals surface area contributed by atoms with E-state index in [-0.39, 0.29) is 0 Å². The summed E-state index contributed by atoms with van der Waals surface area (Å²) in [4.78, 5) is 14.7. The number of rotatable bonds is 3. The van der Waals surface area contributed by atoms with Crippen LogP contribution < -0.4 is 5.32 Å². The molecule has 0 aromatic carbocycles. The van der Waals surface area contributed by atoms with Crippen LogP contribution in [0.4, 0.5) is 5.69 Å². The number of anilines is 1. The minimum Gasteiger partial charge on any atom is -0.480 e. The number of hydrogen-bond acceptors (Lipinski definition) is 3. The number of hydrogen-bond donors (Lipinski definition) is 2. The summed E-state index contributed by atoms with van der Waals surface area (Å²) in [6.07, 6.45) is 1.71. The molecule has 0 radical (unpaired) electrons. The van der Waals surface area contributed by atoms with Gasteiger partial charge in [-0.25, -0.2) is 4.98 Å². The van der Waals surface area contributed by atoms with Gasteiger partial charge in [0.25, 0.3) is 0 Å². The summed E-state index contributed by atoms with van der Waals surface area (Å²) in [6, 6.07) is 1.21. The average molecular weight is 259 g/mol. The van der Waals surface area contributed by atoms with E-state index in [1.165, 1.54) is 0 Å². The molecule has 1 unspecified atom stereocenters. The largest absolute Gasteiger partial charge is 0.480 e. The number of aliphatic carboxylic acids is 1. The molecule has 14 heavy (non-hydrogen) atoms. The molecule has 0 saturated heterocycles. The van der Waals surface area contributed by atoms with E-state index in [4.69, 9.17) is 5.11 Å². The summed E-state index contributed by atoms with van der Waals surface area (Å²) in [5.41, 5.74) is 1.67. The van der Waals surface area contributed by atoms with Gasteiger partial charge in [-0.05, 0) is 41.4 Å². The number of pyridine rings is 1. The number of carboxylic acids is 1. The molecule has 2 N–H and O–H groups in total. The molecule has 0 bridgehead atoms. The van der Waals surface area contributed by atoms with Crippen LogP contribution in [-0.4, -0.2) is 22.1 Å². The van der Waals surface area contributed by atoms with E-state index >= 15 is 0 Å². The molecule has 4 nitrogen and oxygen atoms in total. The predicted octanol–water partition coefficient (Wildman–Crippen LogP) is 2.04. The highest BCUT2D eigenvalue weighted by Crippen LogP contribution is 2.21. The van der Waals surface area contributed by atoms with Gasteiger partial charge in [-0.3, -0.25) is 4.79 Å². The van der Waals surface area contributed by atoms with Crippen molar-refractivity contribution >= 4 is 27.6 Å². The van der Waals surface area contributed by atoms with Gasteiger partial charge >= 0.3 is 5.97 Å². The van der Waals surface area contributed by atoms with Crippen molar-refractivity contribution in [2.45, 2.75) is 19.9 Å². The van der Waals surface area contributed by atoms with Gasteiger partial charge in [0, 0.05) is 6.20 Å². The Balaban J connectivity index is 2.85. The maximum absolute atomic E-state index is 10.6. The van der Waals surface area contributed by atoms with Crippen molar-refractivity contribution < 1.29 is 9.90 Å². The third-order valence-electron chi connectivity index (χ3n) is 1.72. The maximum Gasteiger partial charge on any atom is 0.325 e. The minimum absolute atomic E-state index is 0.621. The first-order valence-electron chi connectivity index (χ1n) is 4.12. The summed E-state index contributed by atoms with van der Waals surface area (Å²) in [6.45, 7) is 3.48. The number of carboxylic acid groups (broad SMARTS) is 1. The second kappa shape index (κ2) is 4.41. The van der Waals surface area contributed by atoms with Gasteiger partial charge in [0.2, 0.25) is 0 Å². The molecule has 0 spiro atoms. The summed E-state index contributed by atoms with van der Waals surface area (Å²) in [7, 11) is 0. The Kier molecular flexibility index (Phi) is 3.46. The first kappa shape index (κ1) is 11.0. The van der Waals surface area contributed by atoms with E-state index in [1.54, 1.807) is 13.1 Å². The van der Waals surface area contributed by atoms with Crippen LogP contribution in [0.3, 0.4) is 0 Å². The first-order chi connectivity index (χ1) is 6.50. The van der Waals surface area contributed by atoms with Crippen LogP contribution in [0.25, 0.3) is 0 Å². The zero-order valence-electron chi connectivity index (χ0n) is 7.91. The van der Waals surface area contributed by atoms with Crippen LogP contribution >= 0.6 is 15.9 Å². The lowest BCUT2D eigenvalue weighted by molar-refractivity contribution is -0.137. The molecule has 0 aliphatic carbocycles. The molecule has 1 aromatic heterocycles. The SMILES string of the molecule is Cc1cnc(Br)c(NC(C)C(=O)O)c1. The van der Waals surface area contributed by atoms with Crippen molar-refractivity contribution in [3.05, 3.63) is 22.4 Å². The summed E-state index contributed by atoms with van der Waals surface area (Å²) >= 11 is 3.24. The number of nitrogens with zero attached hydrogens (tertiary/aromatic N) is 1. The van der Waals surface area contributed by atoms with Crippen molar-refractivity contribution in [2.24, 2.45) is 0 Å². The Morgan fingerprint density at radius 1 is 1.71 bits per heavy atom. The van der Waals surface area contributed by atoms with E-state index < -0.39 is 12.0 Å². The second-order valence-corrected chi connectivity index (χ2v) is 3.81. The molecule has 76 valence electrons. The second-order valence-electron chi connectivity index (χ2n) is 3.06. The van der Waals surface area contributed by atoms with Gasteiger partial charge in [0.15, 0.2) is 0 Å². The van der Waals surface area contributed by atoms with Crippen LogP contribution in [-0.2, 0) is 4.79 Å². The molecular formula is C9H11BrN2O2. The average Bonchev–Trinajstić information content (AvgIpc) is 2.11. The van der Waals surface area contributed by atoms with Gasteiger partial charge < -0.3 is 10.4 Å². The Morgan fingerprint density at radius 3 is 2.93 bits per heavy atom. The van der Waals surface area contributed by atoms with Crippen molar-refractivity contribution in [3.63, 3.8) is 0 Å². The van der Waals surface area contributed by atoms with Crippen LogP contribution in [0.5, 0.6) is 0 Å². The zero-order chi connectivity index (χ0) is 10.7. The van der Waals surface area contributed by atoms with E-state index in [9.17, 15) is 4.79 Å². The van der Waals surface area contributed by atoms with E-state index in [2.05, 4.69) is 26.2 Å². The molecule has 1 rings (SSSR count). The highest BCUT2D eigenvalue weighted by atomic mass is 79.9. The molecule has 1 atom stereocenters. The van der Waals surface area contributed by atoms with Gasteiger partial charge in [-0.15, -0.1) is 0 Å². The normalized spacial score (nSPS) is 12.2. The van der Waals surface area contributed by atoms with Crippen LogP contribution in [0, 0.1) is 6.92 Å². The molecule has 0 aliphatic rings. The Labute approximate surface area is 90.5 Å². The number of aryl methyl sites for hydroxylation is 1. The smallest absolute Gasteiger partial charge is 0.325 e. The Hall–Kier alpha value is -1.10. The van der Waals surface area contributed by atoms with E-state index in [0.29, 0.717) is 10.3 Å². The van der Waals surface area contributed by atoms with Crippen molar-refractivity contribution in [1.82, 2.24) is 4.98 Å². The Morgan fingerprint density at radius 2 is 2.36 bits per heavy atom. The van der Waals surface area contributed by atoms with Gasteiger partial charge in [-0.1, -0.05) is 0 Å². The molecule has 0 aliphatic heterocycles. The highest BCUT2D eigenvalue weighted by molar-refractivity contribution is 9.10. The van der Waals surface area contributed by atoms with Crippen molar-refractivity contribution in [3.8, 4) is 0 Å². The summed E-state index contributed by atoms with van der Waals surface area (Å²) < 4.78 is 0.621. The number of carbonyl (C=O) groups is 1. The van der Waals surface area contributed by atoms with Gasteiger partial charge in [-0.2, -0.15) is 0 Å². The van der Waals surface area contributed by atoms with Gasteiger partial charge in [0.05, 0.1) is 5.69 Å². The van der Waals surface area contributed by atoms with Crippen LogP contribution in [0.15, 0.2) is 16.9 Å². The molecule has 1 aromatic rings. The third kappa shape index (κ3) is 2.70. The Bertz CT molecular complexity index is 355. The monoisotopic (exact) mass is 258 g/mol. The molecule has 0 amide bonds. The molecule has 5 heteroatoms. The third-order valence-corrected chi connectivity index (χ3v) is 2.35. The lowest BCUT2D eigenvalue weighted by Gasteiger charge is -2.12. The molecule has 1 heterocycles. The number of aromatic nitrogens is 1.